The lowest BCUT2D eigenvalue weighted by molar-refractivity contribution is -0.145. The molecule has 0 bridgehead atoms. The summed E-state index contributed by atoms with van der Waals surface area (Å²) in [6, 6.07) is 3.52. The molecule has 1 aromatic carbocycles. The van der Waals surface area contributed by atoms with E-state index in [-0.39, 0.29) is 54.6 Å². The lowest BCUT2D eigenvalue weighted by atomic mass is 10.0. The summed E-state index contributed by atoms with van der Waals surface area (Å²) >= 11 is 0. The second-order valence-corrected chi connectivity index (χ2v) is 14.0. The van der Waals surface area contributed by atoms with Gasteiger partial charge in [0.05, 0.1) is 116 Å². The number of imide groups is 2. The van der Waals surface area contributed by atoms with Crippen LogP contribution in [0.3, 0.4) is 0 Å². The standard InChI is InChI=1S/C42H65N3O15/c1-2-3-4-7-13-38(48)60-32-31-59-30-29-58-28-27-57-26-25-56-24-23-55-22-21-54-20-19-53-18-17-52-16-8-5-6-12-36(46)43-34-11-9-10-33-39(34)42(51)45(41(33)50)35-14-15-37(47)44-40(35)49/h9-11,35H,2-8,12-32H2,1H3,(H,43,46)(H,44,47,49). The van der Waals surface area contributed by atoms with Gasteiger partial charge in [-0.2, -0.15) is 0 Å². The summed E-state index contributed by atoms with van der Waals surface area (Å²) < 4.78 is 49.0. The molecule has 3 rings (SSSR count). The molecule has 2 N–H and O–H groups in total. The molecular weight excluding hydrogens is 786 g/mol. The quantitative estimate of drug-likeness (QED) is 0.0559. The third kappa shape index (κ3) is 20.6. The number of hydrogen-bond donors (Lipinski definition) is 2. The van der Waals surface area contributed by atoms with Crippen molar-refractivity contribution in [3.8, 4) is 0 Å². The van der Waals surface area contributed by atoms with Crippen LogP contribution >= 0.6 is 0 Å². The molecule has 2 aliphatic heterocycles. The number of unbranched alkanes of at least 4 members (excludes halogenated alkanes) is 5. The molecule has 1 unspecified atom stereocenters. The highest BCUT2D eigenvalue weighted by Gasteiger charge is 2.45. The van der Waals surface area contributed by atoms with Crippen LogP contribution in [0.25, 0.3) is 0 Å². The Balaban J connectivity index is 1.01. The van der Waals surface area contributed by atoms with Gasteiger partial charge in [0.1, 0.15) is 12.6 Å². The lowest BCUT2D eigenvalue weighted by Crippen LogP contribution is -2.54. The Morgan fingerprint density at radius 1 is 0.617 bits per heavy atom. The molecule has 0 aliphatic carbocycles. The number of esters is 1. The van der Waals surface area contributed by atoms with Gasteiger partial charge in [-0.1, -0.05) is 38.7 Å². The maximum Gasteiger partial charge on any atom is 0.305 e. The molecule has 2 aliphatic rings. The molecule has 0 radical (unpaired) electrons. The van der Waals surface area contributed by atoms with Gasteiger partial charge in [0, 0.05) is 25.9 Å². The molecule has 1 aromatic rings. The summed E-state index contributed by atoms with van der Waals surface area (Å²) in [5.74, 6) is -2.89. The second kappa shape index (κ2) is 31.9. The average Bonchev–Trinajstić information content (AvgIpc) is 3.49. The molecule has 1 atom stereocenters. The molecule has 5 amide bonds. The van der Waals surface area contributed by atoms with Crippen molar-refractivity contribution in [2.24, 2.45) is 0 Å². The first-order chi connectivity index (χ1) is 29.3. The van der Waals surface area contributed by atoms with Crippen LogP contribution in [0.4, 0.5) is 5.69 Å². The fraction of sp³-hybridized carbons (Fsp3) is 0.714. The van der Waals surface area contributed by atoms with Gasteiger partial charge in [0.25, 0.3) is 11.8 Å². The summed E-state index contributed by atoms with van der Waals surface area (Å²) in [4.78, 5) is 75.1. The van der Waals surface area contributed by atoms with Crippen LogP contribution in [0.2, 0.25) is 0 Å². The van der Waals surface area contributed by atoms with Crippen LogP contribution in [0.5, 0.6) is 0 Å². The normalized spacial score (nSPS) is 15.1. The van der Waals surface area contributed by atoms with Crippen molar-refractivity contribution in [2.45, 2.75) is 83.6 Å². The number of fused-ring (bicyclic) bond motifs is 1. The first-order valence-corrected chi connectivity index (χ1v) is 21.3. The number of nitrogens with zero attached hydrogens (tertiary/aromatic N) is 1. The highest BCUT2D eigenvalue weighted by Crippen LogP contribution is 2.32. The fourth-order valence-electron chi connectivity index (χ4n) is 6.12. The van der Waals surface area contributed by atoms with Gasteiger partial charge in [0.2, 0.25) is 17.7 Å². The Hall–Kier alpha value is -3.88. The van der Waals surface area contributed by atoms with E-state index >= 15 is 0 Å². The average molecular weight is 852 g/mol. The van der Waals surface area contributed by atoms with E-state index < -0.39 is 29.7 Å². The minimum Gasteiger partial charge on any atom is -0.463 e. The number of nitrogens with one attached hydrogen (secondary N) is 2. The zero-order valence-corrected chi connectivity index (χ0v) is 35.2. The topological polar surface area (TPSA) is 213 Å². The first-order valence-electron chi connectivity index (χ1n) is 21.3. The zero-order chi connectivity index (χ0) is 43.0. The van der Waals surface area contributed by atoms with Gasteiger partial charge in [-0.25, -0.2) is 0 Å². The van der Waals surface area contributed by atoms with Crippen molar-refractivity contribution >= 4 is 41.2 Å². The lowest BCUT2D eigenvalue weighted by Gasteiger charge is -2.27. The molecule has 1 saturated heterocycles. The highest BCUT2D eigenvalue weighted by molar-refractivity contribution is 6.26. The largest absolute Gasteiger partial charge is 0.463 e. The van der Waals surface area contributed by atoms with E-state index in [1.807, 2.05) is 0 Å². The minimum absolute atomic E-state index is 0.0266. The van der Waals surface area contributed by atoms with Crippen molar-refractivity contribution in [1.29, 1.82) is 0 Å². The van der Waals surface area contributed by atoms with Crippen molar-refractivity contribution in [1.82, 2.24) is 10.2 Å². The van der Waals surface area contributed by atoms with Gasteiger partial charge in [0.15, 0.2) is 0 Å². The number of hydrogen-bond acceptors (Lipinski definition) is 15. The number of benzene rings is 1. The predicted octanol–water partition coefficient (Wildman–Crippen LogP) is 3.23. The van der Waals surface area contributed by atoms with Crippen molar-refractivity contribution in [3.05, 3.63) is 29.3 Å². The van der Waals surface area contributed by atoms with Crippen molar-refractivity contribution < 1.29 is 71.4 Å². The Morgan fingerprint density at radius 3 is 1.65 bits per heavy atom. The number of ether oxygens (including phenoxy) is 9. The Morgan fingerprint density at radius 2 is 1.12 bits per heavy atom. The van der Waals surface area contributed by atoms with Crippen LogP contribution < -0.4 is 10.6 Å². The van der Waals surface area contributed by atoms with Gasteiger partial charge >= 0.3 is 5.97 Å². The molecule has 338 valence electrons. The van der Waals surface area contributed by atoms with Crippen LogP contribution in [-0.4, -0.2) is 159 Å². The minimum atomic E-state index is -1.08. The third-order valence-electron chi connectivity index (χ3n) is 9.26. The van der Waals surface area contributed by atoms with E-state index in [1.165, 1.54) is 6.07 Å². The summed E-state index contributed by atoms with van der Waals surface area (Å²) in [6.07, 6.45) is 7.12. The second-order valence-electron chi connectivity index (χ2n) is 14.0. The van der Waals surface area contributed by atoms with Crippen LogP contribution in [-0.2, 0) is 61.8 Å². The van der Waals surface area contributed by atoms with E-state index in [4.69, 9.17) is 42.6 Å². The molecule has 18 nitrogen and oxygen atoms in total. The number of anilines is 1. The monoisotopic (exact) mass is 851 g/mol. The van der Waals surface area contributed by atoms with Crippen molar-refractivity contribution in [2.75, 3.05) is 118 Å². The Bertz CT molecular complexity index is 1440. The molecule has 60 heavy (non-hydrogen) atoms. The van der Waals surface area contributed by atoms with E-state index in [0.29, 0.717) is 119 Å². The molecule has 2 heterocycles. The van der Waals surface area contributed by atoms with Gasteiger partial charge in [-0.15, -0.1) is 0 Å². The van der Waals surface area contributed by atoms with Crippen molar-refractivity contribution in [3.63, 3.8) is 0 Å². The third-order valence-corrected chi connectivity index (χ3v) is 9.26. The van der Waals surface area contributed by atoms with Gasteiger partial charge in [-0.05, 0) is 37.8 Å². The zero-order valence-electron chi connectivity index (χ0n) is 35.2. The fourth-order valence-corrected chi connectivity index (χ4v) is 6.12. The first kappa shape index (κ1) is 50.5. The number of carbonyl (C=O) groups is 6. The smallest absolute Gasteiger partial charge is 0.305 e. The van der Waals surface area contributed by atoms with Crippen LogP contribution in [0, 0.1) is 0 Å². The maximum atomic E-state index is 13.2. The number of piperidine rings is 1. The van der Waals surface area contributed by atoms with E-state index in [9.17, 15) is 28.8 Å². The van der Waals surface area contributed by atoms with Gasteiger partial charge < -0.3 is 47.9 Å². The highest BCUT2D eigenvalue weighted by atomic mass is 16.6. The molecule has 18 heteroatoms. The summed E-state index contributed by atoms with van der Waals surface area (Å²) in [7, 11) is 0. The van der Waals surface area contributed by atoms with Crippen LogP contribution in [0.15, 0.2) is 18.2 Å². The molecular formula is C42H65N3O15. The van der Waals surface area contributed by atoms with E-state index in [2.05, 4.69) is 17.6 Å². The Kier molecular flexibility index (Phi) is 26.9. The molecule has 0 aromatic heterocycles. The Labute approximate surface area is 352 Å². The van der Waals surface area contributed by atoms with Crippen LogP contribution in [0.1, 0.15) is 98.3 Å². The van der Waals surface area contributed by atoms with E-state index in [0.717, 1.165) is 43.4 Å². The van der Waals surface area contributed by atoms with Gasteiger partial charge in [-0.3, -0.25) is 39.0 Å². The maximum absolute atomic E-state index is 13.2. The number of amides is 5. The predicted molar refractivity (Wildman–Crippen MR) is 216 cm³/mol. The SMILES string of the molecule is CCCCCCC(=O)OCCOCCOCCOCCOCCOCCOCCOCCOCCCCCC(=O)Nc1cccc2c1C(=O)N(C1CCC(=O)NC1=O)C2=O. The molecule has 0 saturated carbocycles. The molecule has 1 fully saturated rings. The number of carbonyl (C=O) groups excluding carboxylic acids is 6. The summed E-state index contributed by atoms with van der Waals surface area (Å²) in [5, 5.41) is 4.90. The molecule has 0 spiro atoms. The summed E-state index contributed by atoms with van der Waals surface area (Å²) in [5.41, 5.74) is 0.376. The number of rotatable bonds is 37. The van der Waals surface area contributed by atoms with E-state index in [1.54, 1.807) is 12.1 Å². The summed E-state index contributed by atoms with van der Waals surface area (Å²) in [6.45, 7) is 9.62.